The number of aromatic nitrogens is 2. The van der Waals surface area contributed by atoms with Gasteiger partial charge in [0.25, 0.3) is 0 Å². The maximum Gasteiger partial charge on any atom is 0.326 e. The summed E-state index contributed by atoms with van der Waals surface area (Å²) in [4.78, 5) is 56.9. The molecule has 3 amide bonds. The third kappa shape index (κ3) is 6.23. The number of carbonyl (C=O) groups excluding carboxylic acids is 3. The van der Waals surface area contributed by atoms with Crippen molar-refractivity contribution in [1.29, 1.82) is 0 Å². The molecule has 1 saturated heterocycles. The number of amides is 3. The Balaban J connectivity index is 2.13. The van der Waals surface area contributed by atoms with Crippen LogP contribution < -0.4 is 16.4 Å². The highest BCUT2D eigenvalue weighted by atomic mass is 16.4. The van der Waals surface area contributed by atoms with Gasteiger partial charge in [0.05, 0.1) is 19.0 Å². The molecule has 0 saturated carbocycles. The summed E-state index contributed by atoms with van der Waals surface area (Å²) in [7, 11) is 0. The van der Waals surface area contributed by atoms with Crippen molar-refractivity contribution in [1.82, 2.24) is 25.5 Å². The number of carbonyl (C=O) groups is 4. The minimum Gasteiger partial charge on any atom is -0.480 e. The summed E-state index contributed by atoms with van der Waals surface area (Å²) < 4.78 is 0. The number of carboxylic acids is 1. The molecule has 1 aromatic rings. The zero-order valence-corrected chi connectivity index (χ0v) is 17.0. The number of aliphatic hydroxyl groups is 2. The number of carboxylic acid groups (broad SMARTS) is 1. The number of rotatable bonds is 10. The number of H-pyrrole nitrogens is 1. The molecule has 1 aliphatic rings. The first-order valence-electron chi connectivity index (χ1n) is 9.81. The van der Waals surface area contributed by atoms with Gasteiger partial charge in [-0.2, -0.15) is 0 Å². The summed E-state index contributed by atoms with van der Waals surface area (Å²) >= 11 is 0. The second kappa shape index (κ2) is 10.8. The molecule has 2 heterocycles. The third-order valence-corrected chi connectivity index (χ3v) is 5.05. The van der Waals surface area contributed by atoms with Gasteiger partial charge < -0.3 is 41.6 Å². The SMILES string of the molecule is CC(O)C(N)C(=O)NC(Cc1cnc[nH]1)C(=O)NC(CO)C(=O)N1CCCC1C(=O)O. The van der Waals surface area contributed by atoms with Crippen molar-refractivity contribution in [2.24, 2.45) is 5.73 Å². The lowest BCUT2D eigenvalue weighted by atomic mass is 10.1. The molecule has 0 aromatic carbocycles. The molecule has 8 N–H and O–H groups in total. The maximum absolute atomic E-state index is 12.8. The molecule has 0 spiro atoms. The van der Waals surface area contributed by atoms with Crippen LogP contribution in [-0.4, -0.2) is 97.3 Å². The highest BCUT2D eigenvalue weighted by Gasteiger charge is 2.38. The molecule has 5 atom stereocenters. The maximum atomic E-state index is 12.8. The fourth-order valence-electron chi connectivity index (χ4n) is 3.26. The molecule has 1 fully saturated rings. The van der Waals surface area contributed by atoms with Crippen molar-refractivity contribution in [3.8, 4) is 0 Å². The largest absolute Gasteiger partial charge is 0.480 e. The first-order valence-corrected chi connectivity index (χ1v) is 9.81. The molecule has 1 aliphatic heterocycles. The number of aliphatic hydroxyl groups excluding tert-OH is 2. The fraction of sp³-hybridized carbons (Fsp3) is 0.611. The number of likely N-dealkylation sites (tertiary alicyclic amines) is 1. The topological polar surface area (TPSA) is 211 Å². The molecule has 1 aromatic heterocycles. The average Bonchev–Trinajstić information content (AvgIpc) is 3.41. The number of hydrogen-bond acceptors (Lipinski definition) is 8. The van der Waals surface area contributed by atoms with Crippen molar-refractivity contribution >= 4 is 23.7 Å². The van der Waals surface area contributed by atoms with E-state index in [4.69, 9.17) is 5.73 Å². The van der Waals surface area contributed by atoms with E-state index in [1.165, 1.54) is 19.4 Å². The number of aliphatic carboxylic acids is 1. The fourth-order valence-corrected chi connectivity index (χ4v) is 3.26. The number of hydrogen-bond donors (Lipinski definition) is 7. The Labute approximate surface area is 178 Å². The van der Waals surface area contributed by atoms with Gasteiger partial charge in [0.15, 0.2) is 0 Å². The van der Waals surface area contributed by atoms with E-state index in [1.54, 1.807) is 0 Å². The first kappa shape index (κ1) is 24.2. The van der Waals surface area contributed by atoms with Crippen LogP contribution in [0.25, 0.3) is 0 Å². The summed E-state index contributed by atoms with van der Waals surface area (Å²) in [5, 5.41) is 33.2. The Bertz CT molecular complexity index is 784. The highest BCUT2D eigenvalue weighted by molar-refractivity contribution is 5.94. The smallest absolute Gasteiger partial charge is 0.326 e. The van der Waals surface area contributed by atoms with Crippen LogP contribution in [0.4, 0.5) is 0 Å². The van der Waals surface area contributed by atoms with Crippen LogP contribution >= 0.6 is 0 Å². The van der Waals surface area contributed by atoms with Crippen LogP contribution in [0.3, 0.4) is 0 Å². The van der Waals surface area contributed by atoms with Crippen LogP contribution in [0, 0.1) is 0 Å². The average molecular weight is 440 g/mol. The van der Waals surface area contributed by atoms with E-state index >= 15 is 0 Å². The summed E-state index contributed by atoms with van der Waals surface area (Å²) in [6.45, 7) is 0.759. The van der Waals surface area contributed by atoms with Gasteiger partial charge in [0, 0.05) is 24.9 Å². The molecular weight excluding hydrogens is 412 g/mol. The number of imidazole rings is 1. The van der Waals surface area contributed by atoms with Gasteiger partial charge in [-0.15, -0.1) is 0 Å². The molecule has 13 nitrogen and oxygen atoms in total. The standard InChI is InChI=1S/C18H28N6O7/c1-9(26)14(19)16(28)22-11(5-10-6-20-8-21-10)15(27)23-12(7-25)17(29)24-4-2-3-13(24)18(30)31/h6,8-9,11-14,25-26H,2-5,7,19H2,1H3,(H,20,21)(H,22,28)(H,23,27)(H,30,31). The van der Waals surface area contributed by atoms with Crippen LogP contribution in [-0.2, 0) is 25.6 Å². The molecular formula is C18H28N6O7. The van der Waals surface area contributed by atoms with Crippen molar-refractivity contribution < 1.29 is 34.5 Å². The number of nitrogens with zero attached hydrogens (tertiary/aromatic N) is 2. The Morgan fingerprint density at radius 2 is 1.97 bits per heavy atom. The number of aromatic amines is 1. The van der Waals surface area contributed by atoms with Gasteiger partial charge in [-0.05, 0) is 19.8 Å². The Hall–Kier alpha value is -3.03. The summed E-state index contributed by atoms with van der Waals surface area (Å²) in [6.07, 6.45) is 2.40. The second-order valence-corrected chi connectivity index (χ2v) is 7.38. The predicted molar refractivity (Wildman–Crippen MR) is 105 cm³/mol. The molecule has 5 unspecified atom stereocenters. The zero-order valence-electron chi connectivity index (χ0n) is 17.0. The summed E-state index contributed by atoms with van der Waals surface area (Å²) in [5.74, 6) is -3.47. The lowest BCUT2D eigenvalue weighted by molar-refractivity contribution is -0.150. The normalized spacial score (nSPS) is 19.9. The van der Waals surface area contributed by atoms with Gasteiger partial charge in [-0.3, -0.25) is 14.4 Å². The van der Waals surface area contributed by atoms with Crippen molar-refractivity contribution in [3.63, 3.8) is 0 Å². The van der Waals surface area contributed by atoms with Crippen molar-refractivity contribution in [3.05, 3.63) is 18.2 Å². The summed E-state index contributed by atoms with van der Waals surface area (Å²) in [6, 6.07) is -4.90. The molecule has 172 valence electrons. The first-order chi connectivity index (χ1) is 14.6. The Morgan fingerprint density at radius 3 is 2.52 bits per heavy atom. The van der Waals surface area contributed by atoms with E-state index in [-0.39, 0.29) is 19.4 Å². The molecule has 13 heteroatoms. The molecule has 0 aliphatic carbocycles. The molecule has 2 rings (SSSR count). The van der Waals surface area contributed by atoms with Gasteiger partial charge >= 0.3 is 5.97 Å². The summed E-state index contributed by atoms with van der Waals surface area (Å²) in [5.41, 5.74) is 6.12. The minimum atomic E-state index is -1.39. The van der Waals surface area contributed by atoms with E-state index in [1.807, 2.05) is 0 Å². The van der Waals surface area contributed by atoms with E-state index in [2.05, 4.69) is 20.6 Å². The van der Waals surface area contributed by atoms with Crippen molar-refractivity contribution in [2.45, 2.75) is 56.5 Å². The molecule has 0 bridgehead atoms. The second-order valence-electron chi connectivity index (χ2n) is 7.38. The van der Waals surface area contributed by atoms with Gasteiger partial charge in [-0.1, -0.05) is 0 Å². The lowest BCUT2D eigenvalue weighted by Crippen LogP contribution is -2.59. The minimum absolute atomic E-state index is 0.0299. The van der Waals surface area contributed by atoms with E-state index in [0.29, 0.717) is 12.1 Å². The molecule has 0 radical (unpaired) electrons. The van der Waals surface area contributed by atoms with E-state index < -0.39 is 60.6 Å². The predicted octanol–water partition coefficient (Wildman–Crippen LogP) is -3.30. The molecule has 31 heavy (non-hydrogen) atoms. The number of nitrogens with one attached hydrogen (secondary N) is 3. The monoisotopic (exact) mass is 440 g/mol. The van der Waals surface area contributed by atoms with Crippen LogP contribution in [0.15, 0.2) is 12.5 Å². The number of nitrogens with two attached hydrogens (primary N) is 1. The Morgan fingerprint density at radius 1 is 1.29 bits per heavy atom. The van der Waals surface area contributed by atoms with E-state index in [0.717, 1.165) is 4.90 Å². The highest BCUT2D eigenvalue weighted by Crippen LogP contribution is 2.18. The van der Waals surface area contributed by atoms with Crippen LogP contribution in [0.5, 0.6) is 0 Å². The quantitative estimate of drug-likeness (QED) is 0.194. The van der Waals surface area contributed by atoms with Gasteiger partial charge in [0.1, 0.15) is 24.2 Å². The van der Waals surface area contributed by atoms with Crippen LogP contribution in [0.2, 0.25) is 0 Å². The zero-order chi connectivity index (χ0) is 23.1. The lowest BCUT2D eigenvalue weighted by Gasteiger charge is -2.28. The van der Waals surface area contributed by atoms with Gasteiger partial charge in [-0.25, -0.2) is 9.78 Å². The third-order valence-electron chi connectivity index (χ3n) is 5.05. The van der Waals surface area contributed by atoms with E-state index in [9.17, 15) is 34.5 Å². The van der Waals surface area contributed by atoms with Gasteiger partial charge in [0.2, 0.25) is 17.7 Å². The van der Waals surface area contributed by atoms with Crippen LogP contribution in [0.1, 0.15) is 25.5 Å². The Kier molecular flexibility index (Phi) is 8.47. The van der Waals surface area contributed by atoms with Crippen molar-refractivity contribution in [2.75, 3.05) is 13.2 Å².